The Labute approximate surface area is 312 Å². The van der Waals surface area contributed by atoms with Gasteiger partial charge in [-0.2, -0.15) is 0 Å². The zero-order chi connectivity index (χ0) is 36.0. The van der Waals surface area contributed by atoms with Gasteiger partial charge in [-0.25, -0.2) is 15.0 Å². The van der Waals surface area contributed by atoms with Gasteiger partial charge in [0.25, 0.3) is 0 Å². The number of aromatic nitrogens is 3. The van der Waals surface area contributed by atoms with Gasteiger partial charge in [0.05, 0.1) is 13.5 Å². The molecule has 0 spiro atoms. The molecule has 0 radical (unpaired) electrons. The van der Waals surface area contributed by atoms with Gasteiger partial charge in [-0.05, 0) is 56.6 Å². The molecular formula is C49H39N3Si. The van der Waals surface area contributed by atoms with Crippen LogP contribution in [-0.2, 0) is 5.41 Å². The highest BCUT2D eigenvalue weighted by Crippen LogP contribution is 2.56. The zero-order valence-corrected chi connectivity index (χ0v) is 31.2. The molecule has 4 heteroatoms. The second kappa shape index (κ2) is 13.1. The number of fused-ring (bicyclic) bond motifs is 3. The summed E-state index contributed by atoms with van der Waals surface area (Å²) in [7, 11) is -1.45. The molecule has 1 aromatic heterocycles. The number of hydrogen-bond donors (Lipinski definition) is 0. The summed E-state index contributed by atoms with van der Waals surface area (Å²) in [6, 6.07) is 65.4. The maximum absolute atomic E-state index is 5.10. The van der Waals surface area contributed by atoms with E-state index in [-0.39, 0.29) is 0 Å². The molecule has 0 saturated carbocycles. The first-order valence-corrected chi connectivity index (χ1v) is 21.8. The second-order valence-electron chi connectivity index (χ2n) is 14.9. The van der Waals surface area contributed by atoms with Crippen molar-refractivity contribution in [3.05, 3.63) is 204 Å². The monoisotopic (exact) mass is 697 g/mol. The number of nitrogens with zero attached hydrogens (tertiary/aromatic N) is 3. The van der Waals surface area contributed by atoms with E-state index >= 15 is 0 Å². The standard InChI is InChI=1S/C49H39N3Si/c1-53(2,3)41-29-26-35(27-30-41)47-50-46(34-16-7-4-8-17-34)51-48(52-47)38-19-15-18-36(32-38)37-28-31-43-42-24-13-14-25-44(42)49(45(43)33-37,39-20-9-5-10-21-39)40-22-11-6-12-23-40/h4-33H,1-3H3. The molecule has 0 N–H and O–H groups in total. The normalized spacial score (nSPS) is 13.0. The fourth-order valence-corrected chi connectivity index (χ4v) is 9.10. The highest BCUT2D eigenvalue weighted by Gasteiger charge is 2.46. The van der Waals surface area contributed by atoms with Crippen LogP contribution in [0.25, 0.3) is 56.4 Å². The summed E-state index contributed by atoms with van der Waals surface area (Å²) < 4.78 is 0. The Bertz CT molecular complexity index is 2540. The van der Waals surface area contributed by atoms with E-state index < -0.39 is 13.5 Å². The van der Waals surface area contributed by atoms with E-state index in [4.69, 9.17) is 15.0 Å². The average molecular weight is 698 g/mol. The Hall–Kier alpha value is -6.23. The molecule has 7 aromatic carbocycles. The molecule has 1 aliphatic rings. The molecule has 0 unspecified atom stereocenters. The summed E-state index contributed by atoms with van der Waals surface area (Å²) in [5.74, 6) is 1.99. The number of hydrogen-bond acceptors (Lipinski definition) is 3. The van der Waals surface area contributed by atoms with Crippen LogP contribution in [0.5, 0.6) is 0 Å². The Kier molecular flexibility index (Phi) is 8.05. The van der Waals surface area contributed by atoms with Gasteiger partial charge in [-0.3, -0.25) is 0 Å². The van der Waals surface area contributed by atoms with Crippen LogP contribution < -0.4 is 5.19 Å². The van der Waals surface area contributed by atoms with Crippen molar-refractivity contribution < 1.29 is 0 Å². The van der Waals surface area contributed by atoms with E-state index in [1.807, 2.05) is 18.2 Å². The lowest BCUT2D eigenvalue weighted by Gasteiger charge is -2.34. The predicted molar refractivity (Wildman–Crippen MR) is 222 cm³/mol. The van der Waals surface area contributed by atoms with Gasteiger partial charge in [0, 0.05) is 16.7 Å². The largest absolute Gasteiger partial charge is 0.208 e. The van der Waals surface area contributed by atoms with Crippen LogP contribution in [0, 0.1) is 0 Å². The van der Waals surface area contributed by atoms with E-state index in [1.54, 1.807) is 0 Å². The van der Waals surface area contributed by atoms with Gasteiger partial charge in [0.2, 0.25) is 0 Å². The van der Waals surface area contributed by atoms with Crippen molar-refractivity contribution in [1.29, 1.82) is 0 Å². The van der Waals surface area contributed by atoms with Crippen LogP contribution in [0.15, 0.2) is 182 Å². The molecule has 254 valence electrons. The summed E-state index contributed by atoms with van der Waals surface area (Å²) in [5.41, 5.74) is 12.3. The molecule has 3 nitrogen and oxygen atoms in total. The summed E-state index contributed by atoms with van der Waals surface area (Å²) in [6.45, 7) is 7.10. The van der Waals surface area contributed by atoms with E-state index in [9.17, 15) is 0 Å². The molecule has 0 aliphatic heterocycles. The van der Waals surface area contributed by atoms with Crippen molar-refractivity contribution in [3.63, 3.8) is 0 Å². The van der Waals surface area contributed by atoms with E-state index in [0.717, 1.165) is 27.8 Å². The molecule has 0 amide bonds. The van der Waals surface area contributed by atoms with Crippen molar-refractivity contribution in [2.45, 2.75) is 25.1 Å². The molecule has 0 saturated heterocycles. The van der Waals surface area contributed by atoms with Gasteiger partial charge in [0.15, 0.2) is 17.5 Å². The van der Waals surface area contributed by atoms with Crippen LogP contribution >= 0.6 is 0 Å². The van der Waals surface area contributed by atoms with Crippen LogP contribution in [-0.4, -0.2) is 23.0 Å². The Balaban J connectivity index is 1.20. The summed E-state index contributed by atoms with van der Waals surface area (Å²) in [6.07, 6.45) is 0. The molecule has 1 aliphatic carbocycles. The average Bonchev–Trinajstić information content (AvgIpc) is 3.52. The number of rotatable bonds is 7. The molecule has 53 heavy (non-hydrogen) atoms. The van der Waals surface area contributed by atoms with Crippen molar-refractivity contribution >= 4 is 13.3 Å². The Morgan fingerprint density at radius 3 is 1.43 bits per heavy atom. The third kappa shape index (κ3) is 5.72. The van der Waals surface area contributed by atoms with Gasteiger partial charge in [-0.1, -0.05) is 195 Å². The molecular weight excluding hydrogens is 659 g/mol. The maximum Gasteiger partial charge on any atom is 0.164 e. The lowest BCUT2D eigenvalue weighted by molar-refractivity contribution is 0.769. The molecule has 1 heterocycles. The Morgan fingerprint density at radius 1 is 0.358 bits per heavy atom. The minimum Gasteiger partial charge on any atom is -0.208 e. The molecule has 9 rings (SSSR count). The number of benzene rings is 7. The van der Waals surface area contributed by atoms with Gasteiger partial charge >= 0.3 is 0 Å². The van der Waals surface area contributed by atoms with Crippen molar-refractivity contribution in [2.75, 3.05) is 0 Å². The van der Waals surface area contributed by atoms with Crippen LogP contribution in [0.4, 0.5) is 0 Å². The van der Waals surface area contributed by atoms with Crippen LogP contribution in [0.3, 0.4) is 0 Å². The molecule has 0 fully saturated rings. The van der Waals surface area contributed by atoms with Crippen LogP contribution in [0.1, 0.15) is 22.3 Å². The first-order valence-electron chi connectivity index (χ1n) is 18.3. The topological polar surface area (TPSA) is 38.7 Å². The summed E-state index contributed by atoms with van der Waals surface area (Å²) in [5, 5.41) is 1.41. The van der Waals surface area contributed by atoms with Crippen molar-refractivity contribution in [2.24, 2.45) is 0 Å². The minimum absolute atomic E-state index is 0.458. The third-order valence-corrected chi connectivity index (χ3v) is 12.7. The van der Waals surface area contributed by atoms with Gasteiger partial charge in [0.1, 0.15) is 0 Å². The van der Waals surface area contributed by atoms with E-state index in [1.165, 1.54) is 38.6 Å². The minimum atomic E-state index is -1.45. The lowest BCUT2D eigenvalue weighted by atomic mass is 9.67. The summed E-state index contributed by atoms with van der Waals surface area (Å²) >= 11 is 0. The third-order valence-electron chi connectivity index (χ3n) is 10.6. The van der Waals surface area contributed by atoms with Crippen molar-refractivity contribution in [3.8, 4) is 56.4 Å². The fraction of sp³-hybridized carbons (Fsp3) is 0.0816. The molecule has 8 aromatic rings. The zero-order valence-electron chi connectivity index (χ0n) is 30.2. The second-order valence-corrected chi connectivity index (χ2v) is 19.9. The predicted octanol–water partition coefficient (Wildman–Crippen LogP) is 11.4. The fourth-order valence-electron chi connectivity index (χ4n) is 7.93. The maximum atomic E-state index is 5.10. The lowest BCUT2D eigenvalue weighted by Crippen LogP contribution is -2.37. The van der Waals surface area contributed by atoms with Gasteiger partial charge in [-0.15, -0.1) is 0 Å². The highest BCUT2D eigenvalue weighted by atomic mass is 28.3. The van der Waals surface area contributed by atoms with Crippen LogP contribution in [0.2, 0.25) is 19.6 Å². The highest BCUT2D eigenvalue weighted by molar-refractivity contribution is 6.88. The van der Waals surface area contributed by atoms with Crippen molar-refractivity contribution in [1.82, 2.24) is 15.0 Å². The van der Waals surface area contributed by atoms with Gasteiger partial charge < -0.3 is 0 Å². The van der Waals surface area contributed by atoms with E-state index in [0.29, 0.717) is 17.5 Å². The SMILES string of the molecule is C[Si](C)(C)c1ccc(-c2nc(-c3ccccc3)nc(-c3cccc(-c4ccc5c(c4)C(c4ccccc4)(c4ccccc4)c4ccccc4-5)c3)n2)cc1. The van der Waals surface area contributed by atoms with E-state index in [2.05, 4.69) is 183 Å². The smallest absolute Gasteiger partial charge is 0.164 e. The Morgan fingerprint density at radius 2 is 0.811 bits per heavy atom. The first kappa shape index (κ1) is 32.7. The first-order chi connectivity index (χ1) is 25.9. The quantitative estimate of drug-likeness (QED) is 0.156. The molecule has 0 atom stereocenters. The summed E-state index contributed by atoms with van der Waals surface area (Å²) in [4.78, 5) is 15.2. The molecule has 0 bridgehead atoms.